The van der Waals surface area contributed by atoms with Crippen molar-refractivity contribution in [2.45, 2.75) is 19.1 Å². The van der Waals surface area contributed by atoms with Crippen LogP contribution in [0.1, 0.15) is 16.7 Å². The smallest absolute Gasteiger partial charge is 0.417 e. The van der Waals surface area contributed by atoms with Gasteiger partial charge in [-0.2, -0.15) is 13.2 Å². The Labute approximate surface area is 166 Å². The van der Waals surface area contributed by atoms with Gasteiger partial charge in [0, 0.05) is 51.4 Å². The Balaban J connectivity index is 1.42. The molecule has 9 heteroatoms. The number of halogens is 3. The predicted octanol–water partition coefficient (Wildman–Crippen LogP) is 3.52. The van der Waals surface area contributed by atoms with Crippen molar-refractivity contribution in [3.05, 3.63) is 59.3 Å². The minimum Gasteiger partial charge on any atom is -0.477 e. The molecule has 1 aromatic carbocycles. The van der Waals surface area contributed by atoms with E-state index in [2.05, 4.69) is 9.88 Å². The van der Waals surface area contributed by atoms with Crippen LogP contribution in [0.15, 0.2) is 42.6 Å². The monoisotopic (exact) mass is 409 g/mol. The fraction of sp³-hybridized carbons (Fsp3) is 0.400. The van der Waals surface area contributed by atoms with E-state index in [-0.39, 0.29) is 5.88 Å². The second-order valence-corrected chi connectivity index (χ2v) is 6.84. The van der Waals surface area contributed by atoms with E-state index in [1.807, 2.05) is 24.3 Å². The third-order valence-corrected chi connectivity index (χ3v) is 4.78. The van der Waals surface area contributed by atoms with Gasteiger partial charge in [-0.05, 0) is 17.2 Å². The summed E-state index contributed by atoms with van der Waals surface area (Å²) in [4.78, 5) is 18.3. The van der Waals surface area contributed by atoms with Crippen LogP contribution in [0.4, 0.5) is 18.0 Å². The lowest BCUT2D eigenvalue weighted by molar-refractivity contribution is -0.137. The number of carboxylic acid groups (broad SMARTS) is 1. The number of hydrogen-bond acceptors (Lipinski definition) is 4. The lowest BCUT2D eigenvalue weighted by Crippen LogP contribution is -2.47. The first-order chi connectivity index (χ1) is 13.8. The van der Waals surface area contributed by atoms with Gasteiger partial charge in [-0.25, -0.2) is 9.78 Å². The van der Waals surface area contributed by atoms with E-state index in [9.17, 15) is 18.0 Å². The Kier molecular flexibility index (Phi) is 6.58. The molecule has 0 aliphatic carbocycles. The molecule has 0 spiro atoms. The number of pyridine rings is 1. The third-order valence-electron chi connectivity index (χ3n) is 4.78. The van der Waals surface area contributed by atoms with Crippen molar-refractivity contribution >= 4 is 6.09 Å². The lowest BCUT2D eigenvalue weighted by atomic mass is 10.1. The van der Waals surface area contributed by atoms with Crippen LogP contribution in [-0.2, 0) is 19.1 Å². The number of rotatable bonds is 6. The summed E-state index contributed by atoms with van der Waals surface area (Å²) in [5.41, 5.74) is 1.39. The molecule has 156 valence electrons. The SMILES string of the molecule is O=C(O)N1CCN(Cc2ccc(CCOc3ccc(C(F)(F)F)cn3)cc2)CC1. The van der Waals surface area contributed by atoms with Gasteiger partial charge in [-0.1, -0.05) is 24.3 Å². The zero-order valence-corrected chi connectivity index (χ0v) is 15.7. The minimum atomic E-state index is -4.41. The number of hydrogen-bond donors (Lipinski definition) is 1. The van der Waals surface area contributed by atoms with Crippen molar-refractivity contribution in [1.29, 1.82) is 0 Å². The number of carbonyl (C=O) groups is 1. The second-order valence-electron chi connectivity index (χ2n) is 6.84. The van der Waals surface area contributed by atoms with Gasteiger partial charge in [0.2, 0.25) is 5.88 Å². The van der Waals surface area contributed by atoms with Crippen LogP contribution in [0, 0.1) is 0 Å². The molecule has 0 bridgehead atoms. The summed E-state index contributed by atoms with van der Waals surface area (Å²) < 4.78 is 43.0. The van der Waals surface area contributed by atoms with Crippen LogP contribution in [0.5, 0.6) is 5.88 Å². The van der Waals surface area contributed by atoms with Crippen LogP contribution in [0.3, 0.4) is 0 Å². The summed E-state index contributed by atoms with van der Waals surface area (Å²) >= 11 is 0. The Hall–Kier alpha value is -2.81. The molecular formula is C20H22F3N3O3. The Morgan fingerprint density at radius 3 is 2.24 bits per heavy atom. The zero-order chi connectivity index (χ0) is 20.9. The average molecular weight is 409 g/mol. The van der Waals surface area contributed by atoms with Gasteiger partial charge in [0.15, 0.2) is 0 Å². The molecule has 29 heavy (non-hydrogen) atoms. The maximum atomic E-state index is 12.5. The van der Waals surface area contributed by atoms with Crippen LogP contribution in [-0.4, -0.2) is 58.8 Å². The molecule has 6 nitrogen and oxygen atoms in total. The average Bonchev–Trinajstić information content (AvgIpc) is 2.69. The summed E-state index contributed by atoms with van der Waals surface area (Å²) in [7, 11) is 0. The van der Waals surface area contributed by atoms with Crippen molar-refractivity contribution in [3.63, 3.8) is 0 Å². The highest BCUT2D eigenvalue weighted by molar-refractivity contribution is 5.65. The summed E-state index contributed by atoms with van der Waals surface area (Å²) in [6.45, 7) is 3.53. The number of benzene rings is 1. The first-order valence-corrected chi connectivity index (χ1v) is 9.25. The van der Waals surface area contributed by atoms with Gasteiger partial charge in [0.05, 0.1) is 12.2 Å². The summed E-state index contributed by atoms with van der Waals surface area (Å²) in [6.07, 6.45) is -3.90. The second kappa shape index (κ2) is 9.13. The normalized spacial score (nSPS) is 15.3. The quantitative estimate of drug-likeness (QED) is 0.791. The maximum Gasteiger partial charge on any atom is 0.417 e. The van der Waals surface area contributed by atoms with E-state index in [1.54, 1.807) is 0 Å². The Morgan fingerprint density at radius 1 is 1.03 bits per heavy atom. The van der Waals surface area contributed by atoms with E-state index in [1.165, 1.54) is 11.0 Å². The number of piperazine rings is 1. The molecule has 1 saturated heterocycles. The fourth-order valence-electron chi connectivity index (χ4n) is 3.07. The number of aromatic nitrogens is 1. The topological polar surface area (TPSA) is 65.9 Å². The molecule has 1 amide bonds. The highest BCUT2D eigenvalue weighted by Gasteiger charge is 2.30. The number of nitrogens with zero attached hydrogens (tertiary/aromatic N) is 3. The van der Waals surface area contributed by atoms with Crippen molar-refractivity contribution in [1.82, 2.24) is 14.8 Å². The maximum absolute atomic E-state index is 12.5. The van der Waals surface area contributed by atoms with Gasteiger partial charge < -0.3 is 14.7 Å². The van der Waals surface area contributed by atoms with Gasteiger partial charge in [0.25, 0.3) is 0 Å². The largest absolute Gasteiger partial charge is 0.477 e. The molecule has 1 aliphatic rings. The molecule has 1 N–H and O–H groups in total. The van der Waals surface area contributed by atoms with Crippen molar-refractivity contribution < 1.29 is 27.8 Å². The molecule has 0 atom stereocenters. The molecule has 1 aliphatic heterocycles. The highest BCUT2D eigenvalue weighted by atomic mass is 19.4. The lowest BCUT2D eigenvalue weighted by Gasteiger charge is -2.33. The van der Waals surface area contributed by atoms with Crippen molar-refractivity contribution in [2.24, 2.45) is 0 Å². The van der Waals surface area contributed by atoms with Gasteiger partial charge >= 0.3 is 12.3 Å². The van der Waals surface area contributed by atoms with E-state index in [0.29, 0.717) is 39.2 Å². The van der Waals surface area contributed by atoms with Crippen LogP contribution in [0.2, 0.25) is 0 Å². The Morgan fingerprint density at radius 2 is 1.69 bits per heavy atom. The molecule has 1 aromatic heterocycles. The van der Waals surface area contributed by atoms with Crippen LogP contribution in [0.25, 0.3) is 0 Å². The number of alkyl halides is 3. The standard InChI is InChI=1S/C20H22F3N3O3/c21-20(22,23)17-5-6-18(24-13-17)29-12-7-15-1-3-16(4-2-15)14-25-8-10-26(11-9-25)19(27)28/h1-6,13H,7-12,14H2,(H,27,28). The fourth-order valence-corrected chi connectivity index (χ4v) is 3.07. The first-order valence-electron chi connectivity index (χ1n) is 9.25. The molecule has 0 radical (unpaired) electrons. The number of ether oxygens (including phenoxy) is 1. The summed E-state index contributed by atoms with van der Waals surface area (Å²) in [5.74, 6) is 0.162. The van der Waals surface area contributed by atoms with Gasteiger partial charge in [0.1, 0.15) is 0 Å². The zero-order valence-electron chi connectivity index (χ0n) is 15.7. The highest BCUT2D eigenvalue weighted by Crippen LogP contribution is 2.29. The predicted molar refractivity (Wildman–Crippen MR) is 99.8 cm³/mol. The molecule has 0 unspecified atom stereocenters. The molecule has 3 rings (SSSR count). The Bertz CT molecular complexity index is 802. The van der Waals surface area contributed by atoms with Crippen molar-refractivity contribution in [3.8, 4) is 5.88 Å². The molecule has 1 fully saturated rings. The first kappa shape index (κ1) is 20.9. The molecule has 0 saturated carbocycles. The molecular weight excluding hydrogens is 387 g/mol. The van der Waals surface area contributed by atoms with Crippen LogP contribution < -0.4 is 4.74 Å². The van der Waals surface area contributed by atoms with Crippen LogP contribution >= 0.6 is 0 Å². The van der Waals surface area contributed by atoms with E-state index >= 15 is 0 Å². The number of amides is 1. The molecule has 2 heterocycles. The summed E-state index contributed by atoms with van der Waals surface area (Å²) in [5, 5.41) is 8.98. The van der Waals surface area contributed by atoms with E-state index < -0.39 is 17.8 Å². The van der Waals surface area contributed by atoms with E-state index in [4.69, 9.17) is 9.84 Å². The minimum absolute atomic E-state index is 0.162. The summed E-state index contributed by atoms with van der Waals surface area (Å²) in [6, 6.07) is 10.2. The van der Waals surface area contributed by atoms with Gasteiger partial charge in [-0.15, -0.1) is 0 Å². The molecule has 2 aromatic rings. The van der Waals surface area contributed by atoms with Crippen molar-refractivity contribution in [2.75, 3.05) is 32.8 Å². The van der Waals surface area contributed by atoms with E-state index in [0.717, 1.165) is 29.9 Å². The third kappa shape index (κ3) is 6.08. The van der Waals surface area contributed by atoms with Gasteiger partial charge in [-0.3, -0.25) is 4.90 Å².